The summed E-state index contributed by atoms with van der Waals surface area (Å²) in [5, 5.41) is 2.79. The van der Waals surface area contributed by atoms with Gasteiger partial charge in [-0.05, 0) is 35.6 Å². The summed E-state index contributed by atoms with van der Waals surface area (Å²) in [7, 11) is 0. The molecule has 1 unspecified atom stereocenters. The number of benzene rings is 2. The second-order valence-electron chi connectivity index (χ2n) is 7.91. The fourth-order valence-electron chi connectivity index (χ4n) is 2.95. The second-order valence-corrected chi connectivity index (χ2v) is 7.91. The number of carbonyl (C=O) groups excluding carboxylic acids is 2. The van der Waals surface area contributed by atoms with Crippen molar-refractivity contribution in [1.29, 1.82) is 0 Å². The van der Waals surface area contributed by atoms with Gasteiger partial charge in [0.1, 0.15) is 0 Å². The predicted molar refractivity (Wildman–Crippen MR) is 110 cm³/mol. The fourth-order valence-corrected chi connectivity index (χ4v) is 2.95. The number of aromatic nitrogens is 2. The highest BCUT2D eigenvalue weighted by Crippen LogP contribution is 2.22. The molecular formula is C23H25N3O2. The van der Waals surface area contributed by atoms with Crippen molar-refractivity contribution in [2.24, 2.45) is 0 Å². The van der Waals surface area contributed by atoms with E-state index in [4.69, 9.17) is 0 Å². The maximum absolute atomic E-state index is 12.5. The maximum atomic E-state index is 12.5. The standard InChI is InChI=1S/C23H25N3O2/c1-16(17-7-11-20(12-8-17)26-14-13-24-15-26)25-22(28)21(27)18-5-9-19(10-6-18)23(2,3)4/h5-16H,1-4H3,(H,25,28). The molecular weight excluding hydrogens is 350 g/mol. The van der Waals surface area contributed by atoms with Crippen LogP contribution in [-0.2, 0) is 10.2 Å². The average molecular weight is 375 g/mol. The molecule has 1 amide bonds. The Balaban J connectivity index is 1.65. The monoisotopic (exact) mass is 375 g/mol. The molecule has 144 valence electrons. The third-order valence-corrected chi connectivity index (χ3v) is 4.76. The lowest BCUT2D eigenvalue weighted by molar-refractivity contribution is -0.117. The van der Waals surface area contributed by atoms with Crippen molar-refractivity contribution in [2.45, 2.75) is 39.2 Å². The Morgan fingerprint density at radius 2 is 1.64 bits per heavy atom. The highest BCUT2D eigenvalue weighted by atomic mass is 16.2. The third kappa shape index (κ3) is 4.36. The first-order valence-electron chi connectivity index (χ1n) is 9.30. The molecule has 1 N–H and O–H groups in total. The maximum Gasteiger partial charge on any atom is 0.292 e. The van der Waals surface area contributed by atoms with Crippen LogP contribution in [0.15, 0.2) is 67.3 Å². The number of nitrogens with zero attached hydrogens (tertiary/aromatic N) is 2. The van der Waals surface area contributed by atoms with E-state index in [1.807, 2.05) is 54.1 Å². The van der Waals surface area contributed by atoms with Crippen molar-refractivity contribution in [2.75, 3.05) is 0 Å². The minimum Gasteiger partial charge on any atom is -0.343 e. The molecule has 0 saturated heterocycles. The molecule has 0 aliphatic rings. The van der Waals surface area contributed by atoms with Gasteiger partial charge in [0.25, 0.3) is 5.91 Å². The summed E-state index contributed by atoms with van der Waals surface area (Å²) in [4.78, 5) is 28.9. The SMILES string of the molecule is CC(NC(=O)C(=O)c1ccc(C(C)(C)C)cc1)c1ccc(-n2ccnc2)cc1. The quantitative estimate of drug-likeness (QED) is 0.536. The molecule has 1 heterocycles. The molecule has 1 atom stereocenters. The lowest BCUT2D eigenvalue weighted by Crippen LogP contribution is -2.33. The summed E-state index contributed by atoms with van der Waals surface area (Å²) in [5.74, 6) is -1.13. The van der Waals surface area contributed by atoms with Crippen molar-refractivity contribution in [3.63, 3.8) is 0 Å². The molecule has 2 aromatic carbocycles. The Morgan fingerprint density at radius 3 is 2.18 bits per heavy atom. The van der Waals surface area contributed by atoms with Crippen molar-refractivity contribution in [3.05, 3.63) is 83.9 Å². The minimum atomic E-state index is -0.602. The van der Waals surface area contributed by atoms with Crippen LogP contribution in [0.2, 0.25) is 0 Å². The third-order valence-electron chi connectivity index (χ3n) is 4.76. The van der Waals surface area contributed by atoms with Gasteiger partial charge in [-0.2, -0.15) is 0 Å². The van der Waals surface area contributed by atoms with Crippen LogP contribution in [0.4, 0.5) is 0 Å². The summed E-state index contributed by atoms with van der Waals surface area (Å²) < 4.78 is 1.90. The number of hydrogen-bond acceptors (Lipinski definition) is 3. The summed E-state index contributed by atoms with van der Waals surface area (Å²) in [6.45, 7) is 8.18. The van der Waals surface area contributed by atoms with Crippen molar-refractivity contribution in [1.82, 2.24) is 14.9 Å². The molecule has 0 bridgehead atoms. The van der Waals surface area contributed by atoms with Crippen LogP contribution in [-0.4, -0.2) is 21.2 Å². The van der Waals surface area contributed by atoms with Crippen molar-refractivity contribution in [3.8, 4) is 5.69 Å². The Morgan fingerprint density at radius 1 is 1.00 bits per heavy atom. The molecule has 5 heteroatoms. The summed E-state index contributed by atoms with van der Waals surface area (Å²) in [6.07, 6.45) is 5.31. The summed E-state index contributed by atoms with van der Waals surface area (Å²) >= 11 is 0. The molecule has 5 nitrogen and oxygen atoms in total. The first-order chi connectivity index (χ1) is 13.3. The fraction of sp³-hybridized carbons (Fsp3) is 0.261. The number of imidazole rings is 1. The van der Waals surface area contributed by atoms with Crippen LogP contribution >= 0.6 is 0 Å². The van der Waals surface area contributed by atoms with Crippen LogP contribution in [0.5, 0.6) is 0 Å². The minimum absolute atomic E-state index is 0.00122. The van der Waals surface area contributed by atoms with E-state index in [9.17, 15) is 9.59 Å². The number of nitrogens with one attached hydrogen (secondary N) is 1. The highest BCUT2D eigenvalue weighted by Gasteiger charge is 2.20. The van der Waals surface area contributed by atoms with E-state index in [1.165, 1.54) is 0 Å². The zero-order chi connectivity index (χ0) is 20.3. The van der Waals surface area contributed by atoms with Crippen LogP contribution in [0.3, 0.4) is 0 Å². The number of carbonyl (C=O) groups is 2. The first kappa shape index (κ1) is 19.5. The van der Waals surface area contributed by atoms with Crippen LogP contribution in [0, 0.1) is 0 Å². The molecule has 0 aliphatic heterocycles. The van der Waals surface area contributed by atoms with Gasteiger partial charge in [0.05, 0.1) is 12.4 Å². The molecule has 0 aliphatic carbocycles. The molecule has 3 aromatic rings. The van der Waals surface area contributed by atoms with E-state index in [0.29, 0.717) is 5.56 Å². The van der Waals surface area contributed by atoms with E-state index >= 15 is 0 Å². The van der Waals surface area contributed by atoms with Crippen LogP contribution < -0.4 is 5.32 Å². The average Bonchev–Trinajstić information content (AvgIpc) is 3.21. The van der Waals surface area contributed by atoms with Gasteiger partial charge in [0, 0.05) is 23.6 Å². The van der Waals surface area contributed by atoms with E-state index in [0.717, 1.165) is 16.8 Å². The molecule has 1 aromatic heterocycles. The van der Waals surface area contributed by atoms with E-state index in [1.54, 1.807) is 24.7 Å². The normalized spacial score (nSPS) is 12.4. The zero-order valence-electron chi connectivity index (χ0n) is 16.6. The molecule has 0 spiro atoms. The van der Waals surface area contributed by atoms with Gasteiger partial charge >= 0.3 is 0 Å². The molecule has 0 saturated carbocycles. The first-order valence-corrected chi connectivity index (χ1v) is 9.30. The number of Topliss-reactive ketones (excluding diaryl/α,β-unsaturated/α-hetero) is 1. The molecule has 0 fully saturated rings. The van der Waals surface area contributed by atoms with Gasteiger partial charge in [-0.25, -0.2) is 4.98 Å². The lowest BCUT2D eigenvalue weighted by Gasteiger charge is -2.19. The Bertz CT molecular complexity index is 951. The van der Waals surface area contributed by atoms with E-state index < -0.39 is 11.7 Å². The topological polar surface area (TPSA) is 64.0 Å². The van der Waals surface area contributed by atoms with Gasteiger partial charge < -0.3 is 9.88 Å². The van der Waals surface area contributed by atoms with Gasteiger partial charge in [-0.1, -0.05) is 57.2 Å². The number of amides is 1. The number of hydrogen-bond donors (Lipinski definition) is 1. The van der Waals surface area contributed by atoms with Gasteiger partial charge in [0.15, 0.2) is 0 Å². The van der Waals surface area contributed by atoms with Crippen LogP contribution in [0.25, 0.3) is 5.69 Å². The Labute approximate surface area is 165 Å². The van der Waals surface area contributed by atoms with Gasteiger partial charge in [-0.15, -0.1) is 0 Å². The van der Waals surface area contributed by atoms with Crippen molar-refractivity contribution < 1.29 is 9.59 Å². The van der Waals surface area contributed by atoms with Gasteiger partial charge in [0.2, 0.25) is 5.78 Å². The second kappa shape index (κ2) is 7.80. The molecule has 28 heavy (non-hydrogen) atoms. The molecule has 3 rings (SSSR count). The summed E-state index contributed by atoms with van der Waals surface area (Å²) in [5.41, 5.74) is 3.42. The smallest absolute Gasteiger partial charge is 0.292 e. The Hall–Kier alpha value is -3.21. The van der Waals surface area contributed by atoms with E-state index in [2.05, 4.69) is 31.1 Å². The van der Waals surface area contributed by atoms with Crippen LogP contribution in [0.1, 0.15) is 55.2 Å². The number of ketones is 1. The Kier molecular flexibility index (Phi) is 5.45. The lowest BCUT2D eigenvalue weighted by atomic mass is 9.86. The predicted octanol–water partition coefficient (Wildman–Crippen LogP) is 4.23. The largest absolute Gasteiger partial charge is 0.343 e. The van der Waals surface area contributed by atoms with Gasteiger partial charge in [-0.3, -0.25) is 9.59 Å². The summed E-state index contributed by atoms with van der Waals surface area (Å²) in [6, 6.07) is 14.7. The number of rotatable bonds is 5. The zero-order valence-corrected chi connectivity index (χ0v) is 16.6. The highest BCUT2D eigenvalue weighted by molar-refractivity contribution is 6.42. The van der Waals surface area contributed by atoms with E-state index in [-0.39, 0.29) is 11.5 Å². The molecule has 0 radical (unpaired) electrons. The van der Waals surface area contributed by atoms with Crippen molar-refractivity contribution >= 4 is 11.7 Å².